The van der Waals surface area contributed by atoms with E-state index in [1.807, 2.05) is 20.8 Å². The van der Waals surface area contributed by atoms with Gasteiger partial charge in [0, 0.05) is 6.54 Å². The van der Waals surface area contributed by atoms with Crippen LogP contribution in [0, 0.1) is 5.92 Å². The first-order chi connectivity index (χ1) is 8.06. The van der Waals surface area contributed by atoms with E-state index in [1.165, 1.54) is 0 Å². The monoisotopic (exact) mass is 238 g/mol. The van der Waals surface area contributed by atoms with E-state index < -0.39 is 0 Å². The second-order valence-electron chi connectivity index (χ2n) is 4.58. The standard InChI is InChI=1S/C13H22N2O2/c1-5-8-15-10(7-3)12(16)14-11(13(15)17)9(4)6-2/h5,9-11H,1,6-8H2,2-4H3,(H,14,16). The Bertz CT molecular complexity index is 315. The van der Waals surface area contributed by atoms with Gasteiger partial charge in [0.05, 0.1) is 0 Å². The zero-order chi connectivity index (χ0) is 13.0. The molecule has 1 saturated heterocycles. The molecule has 1 N–H and O–H groups in total. The molecule has 0 radical (unpaired) electrons. The predicted octanol–water partition coefficient (Wildman–Crippen LogP) is 1.32. The predicted molar refractivity (Wildman–Crippen MR) is 67.4 cm³/mol. The Labute approximate surface area is 103 Å². The minimum Gasteiger partial charge on any atom is -0.342 e. The Morgan fingerprint density at radius 3 is 2.59 bits per heavy atom. The molecule has 1 heterocycles. The van der Waals surface area contributed by atoms with Crippen LogP contribution in [0.1, 0.15) is 33.6 Å². The summed E-state index contributed by atoms with van der Waals surface area (Å²) in [6, 6.07) is -0.726. The molecule has 96 valence electrons. The number of amides is 2. The van der Waals surface area contributed by atoms with Gasteiger partial charge in [0.25, 0.3) is 0 Å². The summed E-state index contributed by atoms with van der Waals surface area (Å²) in [5.41, 5.74) is 0. The molecule has 1 aliphatic heterocycles. The third kappa shape index (κ3) is 2.68. The molecule has 4 heteroatoms. The van der Waals surface area contributed by atoms with Gasteiger partial charge < -0.3 is 10.2 Å². The number of piperazine rings is 1. The van der Waals surface area contributed by atoms with Crippen molar-refractivity contribution in [2.24, 2.45) is 5.92 Å². The van der Waals surface area contributed by atoms with E-state index in [1.54, 1.807) is 11.0 Å². The van der Waals surface area contributed by atoms with Gasteiger partial charge in [-0.2, -0.15) is 0 Å². The molecule has 0 aliphatic carbocycles. The average Bonchev–Trinajstić information content (AvgIpc) is 2.33. The fourth-order valence-corrected chi connectivity index (χ4v) is 2.17. The van der Waals surface area contributed by atoms with Crippen LogP contribution >= 0.6 is 0 Å². The lowest BCUT2D eigenvalue weighted by atomic mass is 9.93. The van der Waals surface area contributed by atoms with Gasteiger partial charge in [-0.25, -0.2) is 0 Å². The van der Waals surface area contributed by atoms with Gasteiger partial charge in [-0.15, -0.1) is 6.58 Å². The average molecular weight is 238 g/mol. The Hall–Kier alpha value is -1.32. The van der Waals surface area contributed by atoms with E-state index >= 15 is 0 Å². The van der Waals surface area contributed by atoms with E-state index in [2.05, 4.69) is 11.9 Å². The highest BCUT2D eigenvalue weighted by atomic mass is 16.2. The van der Waals surface area contributed by atoms with E-state index in [-0.39, 0.29) is 29.8 Å². The van der Waals surface area contributed by atoms with Crippen LogP contribution in [-0.4, -0.2) is 35.3 Å². The number of rotatable bonds is 5. The summed E-state index contributed by atoms with van der Waals surface area (Å²) in [7, 11) is 0. The van der Waals surface area contributed by atoms with Crippen LogP contribution < -0.4 is 5.32 Å². The molecule has 1 rings (SSSR count). The highest BCUT2D eigenvalue weighted by Crippen LogP contribution is 2.19. The van der Waals surface area contributed by atoms with Crippen molar-refractivity contribution in [2.75, 3.05) is 6.54 Å². The van der Waals surface area contributed by atoms with Gasteiger partial charge in [0.1, 0.15) is 12.1 Å². The normalized spacial score (nSPS) is 26.6. The van der Waals surface area contributed by atoms with E-state index in [9.17, 15) is 9.59 Å². The molecule has 17 heavy (non-hydrogen) atoms. The van der Waals surface area contributed by atoms with Gasteiger partial charge >= 0.3 is 0 Å². The molecule has 3 atom stereocenters. The molecule has 0 spiro atoms. The second kappa shape index (κ2) is 5.84. The number of carbonyl (C=O) groups excluding carboxylic acids is 2. The Kier molecular flexibility index (Phi) is 4.73. The maximum Gasteiger partial charge on any atom is 0.246 e. The van der Waals surface area contributed by atoms with E-state index in [0.717, 1.165) is 6.42 Å². The summed E-state index contributed by atoms with van der Waals surface area (Å²) in [5, 5.41) is 2.84. The van der Waals surface area contributed by atoms with Gasteiger partial charge in [0.15, 0.2) is 0 Å². The third-order valence-electron chi connectivity index (χ3n) is 3.45. The summed E-state index contributed by atoms with van der Waals surface area (Å²) in [4.78, 5) is 25.9. The lowest BCUT2D eigenvalue weighted by molar-refractivity contribution is -0.150. The van der Waals surface area contributed by atoms with Gasteiger partial charge in [-0.1, -0.05) is 33.3 Å². The second-order valence-corrected chi connectivity index (χ2v) is 4.58. The van der Waals surface area contributed by atoms with Crippen LogP contribution in [0.5, 0.6) is 0 Å². The van der Waals surface area contributed by atoms with Gasteiger partial charge in [-0.05, 0) is 12.3 Å². The molecule has 0 aromatic heterocycles. The minimum atomic E-state index is -0.379. The summed E-state index contributed by atoms with van der Waals surface area (Å²) in [5.74, 6) is 0.140. The van der Waals surface area contributed by atoms with Crippen molar-refractivity contribution in [3.8, 4) is 0 Å². The highest BCUT2D eigenvalue weighted by molar-refractivity contribution is 5.97. The van der Waals surface area contributed by atoms with Gasteiger partial charge in [0.2, 0.25) is 11.8 Å². The summed E-state index contributed by atoms with van der Waals surface area (Å²) in [6.07, 6.45) is 3.18. The molecule has 4 nitrogen and oxygen atoms in total. The molecule has 0 aromatic carbocycles. The first kappa shape index (κ1) is 13.7. The van der Waals surface area contributed by atoms with Crippen molar-refractivity contribution in [1.82, 2.24) is 10.2 Å². The number of carbonyl (C=O) groups is 2. The van der Waals surface area contributed by atoms with Gasteiger partial charge in [-0.3, -0.25) is 9.59 Å². The number of hydrogen-bond donors (Lipinski definition) is 1. The summed E-state index contributed by atoms with van der Waals surface area (Å²) < 4.78 is 0. The molecular formula is C13H22N2O2. The maximum atomic E-state index is 12.3. The number of nitrogens with one attached hydrogen (secondary N) is 1. The van der Waals surface area contributed by atoms with Crippen LogP contribution in [0.2, 0.25) is 0 Å². The van der Waals surface area contributed by atoms with Crippen LogP contribution in [0.3, 0.4) is 0 Å². The molecule has 1 fully saturated rings. The van der Waals surface area contributed by atoms with E-state index in [4.69, 9.17) is 0 Å². The van der Waals surface area contributed by atoms with Crippen molar-refractivity contribution in [2.45, 2.75) is 45.7 Å². The van der Waals surface area contributed by atoms with Crippen molar-refractivity contribution in [3.05, 3.63) is 12.7 Å². The molecule has 3 unspecified atom stereocenters. The summed E-state index contributed by atoms with van der Waals surface area (Å²) >= 11 is 0. The summed E-state index contributed by atoms with van der Waals surface area (Å²) in [6.45, 7) is 10.0. The topological polar surface area (TPSA) is 49.4 Å². The molecule has 2 amide bonds. The quantitative estimate of drug-likeness (QED) is 0.734. The zero-order valence-corrected chi connectivity index (χ0v) is 10.9. The smallest absolute Gasteiger partial charge is 0.246 e. The number of hydrogen-bond acceptors (Lipinski definition) is 2. The molecule has 0 aromatic rings. The Morgan fingerprint density at radius 2 is 2.12 bits per heavy atom. The maximum absolute atomic E-state index is 12.3. The van der Waals surface area contributed by atoms with Crippen LogP contribution in [0.25, 0.3) is 0 Å². The number of nitrogens with zero attached hydrogens (tertiary/aromatic N) is 1. The van der Waals surface area contributed by atoms with Crippen molar-refractivity contribution >= 4 is 11.8 Å². The Balaban J connectivity index is 2.93. The van der Waals surface area contributed by atoms with Crippen LogP contribution in [0.15, 0.2) is 12.7 Å². The fourth-order valence-electron chi connectivity index (χ4n) is 2.17. The van der Waals surface area contributed by atoms with Crippen LogP contribution in [0.4, 0.5) is 0 Å². The lowest BCUT2D eigenvalue weighted by Crippen LogP contribution is -2.64. The SMILES string of the molecule is C=CCN1C(=O)C(C(C)CC)NC(=O)C1CC. The Morgan fingerprint density at radius 1 is 1.47 bits per heavy atom. The van der Waals surface area contributed by atoms with Crippen molar-refractivity contribution in [1.29, 1.82) is 0 Å². The van der Waals surface area contributed by atoms with Crippen molar-refractivity contribution in [3.63, 3.8) is 0 Å². The minimum absolute atomic E-state index is 0.0192. The highest BCUT2D eigenvalue weighted by Gasteiger charge is 2.40. The fraction of sp³-hybridized carbons (Fsp3) is 0.692. The van der Waals surface area contributed by atoms with E-state index in [0.29, 0.717) is 13.0 Å². The third-order valence-corrected chi connectivity index (χ3v) is 3.45. The largest absolute Gasteiger partial charge is 0.342 e. The molecule has 0 bridgehead atoms. The first-order valence-electron chi connectivity index (χ1n) is 6.28. The molecule has 0 saturated carbocycles. The first-order valence-corrected chi connectivity index (χ1v) is 6.28. The van der Waals surface area contributed by atoms with Crippen LogP contribution in [-0.2, 0) is 9.59 Å². The molecular weight excluding hydrogens is 216 g/mol. The molecule has 1 aliphatic rings. The lowest BCUT2D eigenvalue weighted by Gasteiger charge is -2.40. The zero-order valence-electron chi connectivity index (χ0n) is 10.9. The van der Waals surface area contributed by atoms with Crippen molar-refractivity contribution < 1.29 is 9.59 Å².